The van der Waals surface area contributed by atoms with E-state index in [-0.39, 0.29) is 6.42 Å². The molecule has 23 heavy (non-hydrogen) atoms. The molecule has 1 saturated heterocycles. The summed E-state index contributed by atoms with van der Waals surface area (Å²) in [4.78, 5) is 12.5. The van der Waals surface area contributed by atoms with Crippen molar-refractivity contribution in [2.45, 2.75) is 25.0 Å². The summed E-state index contributed by atoms with van der Waals surface area (Å²) >= 11 is 0. The third-order valence-electron chi connectivity index (χ3n) is 5.45. The number of rotatable bonds is 1. The minimum Gasteiger partial charge on any atom is -0.371 e. The molecule has 4 atom stereocenters. The zero-order valence-corrected chi connectivity index (χ0v) is 12.4. The molecule has 0 unspecified atom stereocenters. The van der Waals surface area contributed by atoms with Gasteiger partial charge in [0.15, 0.2) is 10.8 Å². The Bertz CT molecular complexity index is 787. The number of carbonyl (C=O) groups excluding carboxylic acids is 1. The molecule has 2 aliphatic rings. The molecule has 2 N–H and O–H groups in total. The average Bonchev–Trinajstić information content (AvgIpc) is 2.71. The van der Waals surface area contributed by atoms with Crippen LogP contribution in [0, 0.1) is 50.7 Å². The second-order valence-electron chi connectivity index (χ2n) is 6.22. The number of carbonyl (C=O) groups is 1. The molecule has 2 bridgehead atoms. The van der Waals surface area contributed by atoms with E-state index in [9.17, 15) is 25.7 Å². The normalized spacial score (nSPS) is 37.1. The number of benzene rings is 1. The summed E-state index contributed by atoms with van der Waals surface area (Å²) in [5, 5.41) is 42.7. The van der Waals surface area contributed by atoms with Gasteiger partial charge in [-0.25, -0.2) is 0 Å². The molecule has 1 heterocycles. The second kappa shape index (κ2) is 4.56. The van der Waals surface area contributed by atoms with Crippen molar-refractivity contribution in [3.8, 4) is 18.2 Å². The van der Waals surface area contributed by atoms with Crippen LogP contribution in [0.25, 0.3) is 0 Å². The van der Waals surface area contributed by atoms with E-state index in [0.29, 0.717) is 5.56 Å². The van der Waals surface area contributed by atoms with Crippen molar-refractivity contribution in [2.75, 3.05) is 0 Å². The zero-order valence-electron chi connectivity index (χ0n) is 12.4. The van der Waals surface area contributed by atoms with E-state index < -0.39 is 34.3 Å². The van der Waals surface area contributed by atoms with Crippen molar-refractivity contribution in [3.05, 3.63) is 35.9 Å². The fourth-order valence-electron chi connectivity index (χ4n) is 4.09. The van der Waals surface area contributed by atoms with E-state index in [2.05, 4.69) is 5.32 Å². The standard InChI is InChI=1S/C17H14N4O2/c1-11-16(10-20)14(22)21-17(11,23)7-13(15(16,8-18)9-19)12-5-3-2-4-6-12/h2-6,11,13,23H,7H2,1H3,(H,21,22)/t11-,13-,16-,17-/m1/s1. The van der Waals surface area contributed by atoms with Crippen LogP contribution in [-0.4, -0.2) is 16.7 Å². The van der Waals surface area contributed by atoms with Crippen LogP contribution in [0.2, 0.25) is 0 Å². The summed E-state index contributed by atoms with van der Waals surface area (Å²) in [6.07, 6.45) is 0.00840. The Balaban J connectivity index is 2.34. The highest BCUT2D eigenvalue weighted by atomic mass is 16.3. The lowest BCUT2D eigenvalue weighted by atomic mass is 9.48. The Kier molecular flexibility index (Phi) is 2.98. The van der Waals surface area contributed by atoms with Gasteiger partial charge in [0.25, 0.3) is 0 Å². The molecule has 1 saturated carbocycles. The number of nitriles is 3. The number of amides is 1. The number of nitrogens with one attached hydrogen (secondary N) is 1. The van der Waals surface area contributed by atoms with Crippen LogP contribution in [-0.2, 0) is 4.79 Å². The molecule has 1 aliphatic carbocycles. The van der Waals surface area contributed by atoms with Gasteiger partial charge in [-0.3, -0.25) is 4.79 Å². The maximum absolute atomic E-state index is 12.5. The first-order chi connectivity index (χ1) is 10.9. The van der Waals surface area contributed by atoms with E-state index in [1.807, 2.05) is 18.2 Å². The summed E-state index contributed by atoms with van der Waals surface area (Å²) in [6, 6.07) is 14.6. The fraction of sp³-hybridized carbons (Fsp3) is 0.412. The minimum absolute atomic E-state index is 0.00840. The van der Waals surface area contributed by atoms with Crippen molar-refractivity contribution < 1.29 is 9.90 Å². The second-order valence-corrected chi connectivity index (χ2v) is 6.22. The first-order valence-corrected chi connectivity index (χ1v) is 7.25. The van der Waals surface area contributed by atoms with E-state index >= 15 is 0 Å². The fourth-order valence-corrected chi connectivity index (χ4v) is 4.09. The van der Waals surface area contributed by atoms with Gasteiger partial charge in [0.1, 0.15) is 5.72 Å². The summed E-state index contributed by atoms with van der Waals surface area (Å²) < 4.78 is 0. The van der Waals surface area contributed by atoms with Gasteiger partial charge in [0.2, 0.25) is 5.91 Å². The molecule has 1 amide bonds. The molecule has 0 spiro atoms. The van der Waals surface area contributed by atoms with Gasteiger partial charge in [0.05, 0.1) is 18.2 Å². The molecule has 1 aromatic carbocycles. The number of fused-ring (bicyclic) bond motifs is 2. The van der Waals surface area contributed by atoms with Crippen molar-refractivity contribution in [1.29, 1.82) is 15.8 Å². The molecule has 1 aliphatic heterocycles. The Morgan fingerprint density at radius 3 is 2.30 bits per heavy atom. The van der Waals surface area contributed by atoms with Gasteiger partial charge in [0, 0.05) is 18.3 Å². The van der Waals surface area contributed by atoms with Crippen molar-refractivity contribution in [1.82, 2.24) is 5.32 Å². The quantitative estimate of drug-likeness (QED) is 0.806. The molecular formula is C17H14N4O2. The largest absolute Gasteiger partial charge is 0.371 e. The molecule has 1 aromatic rings. The molecule has 0 radical (unpaired) electrons. The van der Waals surface area contributed by atoms with Crippen LogP contribution < -0.4 is 5.32 Å². The molecule has 114 valence electrons. The predicted octanol–water partition coefficient (Wildman–Crippen LogP) is 1.17. The lowest BCUT2D eigenvalue weighted by Crippen LogP contribution is -2.57. The van der Waals surface area contributed by atoms with Gasteiger partial charge < -0.3 is 10.4 Å². The van der Waals surface area contributed by atoms with Crippen molar-refractivity contribution >= 4 is 5.91 Å². The minimum atomic E-state index is -1.91. The van der Waals surface area contributed by atoms with Gasteiger partial charge in [-0.05, 0) is 5.56 Å². The lowest BCUT2D eigenvalue weighted by molar-refractivity contribution is -0.130. The monoisotopic (exact) mass is 306 g/mol. The summed E-state index contributed by atoms with van der Waals surface area (Å²) in [6.45, 7) is 1.53. The molecule has 0 aromatic heterocycles. The van der Waals surface area contributed by atoms with E-state index in [1.54, 1.807) is 30.3 Å². The highest BCUT2D eigenvalue weighted by Crippen LogP contribution is 2.64. The van der Waals surface area contributed by atoms with E-state index in [0.717, 1.165) is 0 Å². The zero-order chi connectivity index (χ0) is 16.9. The van der Waals surface area contributed by atoms with Crippen LogP contribution in [0.4, 0.5) is 0 Å². The van der Waals surface area contributed by atoms with Gasteiger partial charge >= 0.3 is 0 Å². The number of hydrogen-bond donors (Lipinski definition) is 2. The summed E-state index contributed by atoms with van der Waals surface area (Å²) in [7, 11) is 0. The Labute approximate surface area is 133 Å². The topological polar surface area (TPSA) is 121 Å². The third-order valence-corrected chi connectivity index (χ3v) is 5.45. The average molecular weight is 306 g/mol. The van der Waals surface area contributed by atoms with E-state index in [1.165, 1.54) is 6.92 Å². The van der Waals surface area contributed by atoms with Crippen LogP contribution in [0.1, 0.15) is 24.8 Å². The third kappa shape index (κ3) is 1.50. The lowest BCUT2D eigenvalue weighted by Gasteiger charge is -2.48. The van der Waals surface area contributed by atoms with Crippen LogP contribution in [0.5, 0.6) is 0 Å². The molecule has 6 nitrogen and oxygen atoms in total. The summed E-state index contributed by atoms with van der Waals surface area (Å²) in [5.41, 5.74) is -4.74. The Hall–Kier alpha value is -2.88. The highest BCUT2D eigenvalue weighted by Gasteiger charge is 2.77. The van der Waals surface area contributed by atoms with Crippen molar-refractivity contribution in [3.63, 3.8) is 0 Å². The predicted molar refractivity (Wildman–Crippen MR) is 77.8 cm³/mol. The molecule has 3 rings (SSSR count). The number of hydrogen-bond acceptors (Lipinski definition) is 5. The highest BCUT2D eigenvalue weighted by molar-refractivity contribution is 5.92. The SMILES string of the molecule is C[C@@H]1[C@]2(C#N)C(=O)N[C@@]1(O)C[C@H](c1ccccc1)C2(C#N)C#N. The van der Waals surface area contributed by atoms with Crippen LogP contribution >= 0.6 is 0 Å². The number of aliphatic hydroxyl groups is 1. The first-order valence-electron chi connectivity index (χ1n) is 7.25. The molecule has 2 fully saturated rings. The number of nitrogens with zero attached hydrogens (tertiary/aromatic N) is 3. The van der Waals surface area contributed by atoms with Crippen LogP contribution in [0.15, 0.2) is 30.3 Å². The maximum atomic E-state index is 12.5. The van der Waals surface area contributed by atoms with Gasteiger partial charge in [-0.2, -0.15) is 15.8 Å². The van der Waals surface area contributed by atoms with E-state index in [4.69, 9.17) is 0 Å². The molecule has 6 heteroatoms. The van der Waals surface area contributed by atoms with Crippen molar-refractivity contribution in [2.24, 2.45) is 16.7 Å². The smallest absolute Gasteiger partial charge is 0.245 e. The van der Waals surface area contributed by atoms with Crippen LogP contribution in [0.3, 0.4) is 0 Å². The first kappa shape index (κ1) is 15.0. The van der Waals surface area contributed by atoms with Gasteiger partial charge in [-0.1, -0.05) is 37.3 Å². The van der Waals surface area contributed by atoms with Gasteiger partial charge in [-0.15, -0.1) is 0 Å². The summed E-state index contributed by atoms with van der Waals surface area (Å²) in [5.74, 6) is -2.37. The maximum Gasteiger partial charge on any atom is 0.245 e. The Morgan fingerprint density at radius 2 is 1.78 bits per heavy atom. The Morgan fingerprint density at radius 1 is 1.17 bits per heavy atom. The molecular weight excluding hydrogens is 292 g/mol.